The second-order valence-electron chi connectivity index (χ2n) is 5.86. The van der Waals surface area contributed by atoms with Crippen LogP contribution in [0.5, 0.6) is 0 Å². The standard InChI is InChI=1S/C15H19ClN2O2/c1-14(2,3)12(19)11(13-17-9-10-18-13)20-15(16)7-5-4-6-8-15/h4-7,9-11H,8H2,1-3H3,(H,17,18). The molecule has 0 fully saturated rings. The molecule has 0 saturated heterocycles. The van der Waals surface area contributed by atoms with Gasteiger partial charge in [-0.15, -0.1) is 0 Å². The zero-order valence-corrected chi connectivity index (χ0v) is 12.6. The van der Waals surface area contributed by atoms with Gasteiger partial charge in [-0.25, -0.2) is 4.98 Å². The van der Waals surface area contributed by atoms with Crippen molar-refractivity contribution in [2.45, 2.75) is 38.4 Å². The summed E-state index contributed by atoms with van der Waals surface area (Å²) >= 11 is 6.43. The number of allylic oxidation sites excluding steroid dienone is 2. The number of imidazole rings is 1. The fourth-order valence-corrected chi connectivity index (χ4v) is 2.16. The molecule has 4 nitrogen and oxygen atoms in total. The van der Waals surface area contributed by atoms with Gasteiger partial charge in [0.2, 0.25) is 0 Å². The van der Waals surface area contributed by atoms with E-state index >= 15 is 0 Å². The lowest BCUT2D eigenvalue weighted by molar-refractivity contribution is -0.144. The van der Waals surface area contributed by atoms with Crippen LogP contribution in [0.2, 0.25) is 0 Å². The SMILES string of the molecule is CC(C)(C)C(=O)C(OC1(Cl)C=CC=CC1)c1ncc[nH]1. The van der Waals surface area contributed by atoms with Crippen LogP contribution in [0.15, 0.2) is 36.7 Å². The molecule has 2 rings (SSSR count). The highest BCUT2D eigenvalue weighted by atomic mass is 35.5. The van der Waals surface area contributed by atoms with Gasteiger partial charge >= 0.3 is 0 Å². The molecule has 1 aromatic heterocycles. The molecule has 0 saturated carbocycles. The molecule has 108 valence electrons. The number of aromatic amines is 1. The van der Waals surface area contributed by atoms with Gasteiger partial charge < -0.3 is 9.72 Å². The molecule has 0 aromatic carbocycles. The van der Waals surface area contributed by atoms with Crippen molar-refractivity contribution in [3.05, 3.63) is 42.5 Å². The molecule has 20 heavy (non-hydrogen) atoms. The number of ketones is 1. The lowest BCUT2D eigenvalue weighted by atomic mass is 9.87. The summed E-state index contributed by atoms with van der Waals surface area (Å²) in [4.78, 5) is 19.7. The molecule has 0 bridgehead atoms. The predicted octanol–water partition coefficient (Wildman–Crippen LogP) is 3.53. The van der Waals surface area contributed by atoms with Crippen LogP contribution in [0.3, 0.4) is 0 Å². The number of hydrogen-bond donors (Lipinski definition) is 1. The Kier molecular flexibility index (Phi) is 4.16. The number of carbonyl (C=O) groups is 1. The van der Waals surface area contributed by atoms with E-state index in [0.29, 0.717) is 12.2 Å². The summed E-state index contributed by atoms with van der Waals surface area (Å²) in [5.74, 6) is 0.420. The third-order valence-electron chi connectivity index (χ3n) is 3.05. The summed E-state index contributed by atoms with van der Waals surface area (Å²) in [6, 6.07) is 0. The number of hydrogen-bond acceptors (Lipinski definition) is 3. The Labute approximate surface area is 123 Å². The Morgan fingerprint density at radius 2 is 2.25 bits per heavy atom. The monoisotopic (exact) mass is 294 g/mol. The Bertz CT molecular complexity index is 529. The first-order chi connectivity index (χ1) is 9.32. The molecular formula is C15H19ClN2O2. The molecule has 1 N–H and O–H groups in total. The average Bonchev–Trinajstić information content (AvgIpc) is 2.88. The highest BCUT2D eigenvalue weighted by molar-refractivity contribution is 6.24. The van der Waals surface area contributed by atoms with E-state index in [1.807, 2.05) is 39.0 Å². The second-order valence-corrected chi connectivity index (χ2v) is 6.50. The molecule has 2 unspecified atom stereocenters. The average molecular weight is 295 g/mol. The van der Waals surface area contributed by atoms with Gasteiger partial charge in [0.05, 0.1) is 0 Å². The minimum Gasteiger partial charge on any atom is -0.346 e. The molecule has 1 aliphatic carbocycles. The number of nitrogens with one attached hydrogen (secondary N) is 1. The molecule has 0 amide bonds. The van der Waals surface area contributed by atoms with E-state index in [2.05, 4.69) is 9.97 Å². The van der Waals surface area contributed by atoms with Gasteiger partial charge in [-0.05, 0) is 6.08 Å². The van der Waals surface area contributed by atoms with Crippen LogP contribution >= 0.6 is 11.6 Å². The van der Waals surface area contributed by atoms with Crippen LogP contribution in [0.4, 0.5) is 0 Å². The first-order valence-electron chi connectivity index (χ1n) is 6.56. The fraction of sp³-hybridized carbons (Fsp3) is 0.467. The molecular weight excluding hydrogens is 276 g/mol. The minimum absolute atomic E-state index is 0.0598. The lowest BCUT2D eigenvalue weighted by Gasteiger charge is -2.31. The van der Waals surface area contributed by atoms with Gasteiger partial charge in [0.25, 0.3) is 0 Å². The van der Waals surface area contributed by atoms with Crippen molar-refractivity contribution < 1.29 is 9.53 Å². The van der Waals surface area contributed by atoms with Gasteiger partial charge in [0.1, 0.15) is 5.82 Å². The maximum Gasteiger partial charge on any atom is 0.176 e. The maximum atomic E-state index is 12.6. The zero-order chi connectivity index (χ0) is 14.8. The van der Waals surface area contributed by atoms with Crippen LogP contribution in [-0.4, -0.2) is 20.8 Å². The van der Waals surface area contributed by atoms with Gasteiger partial charge in [-0.3, -0.25) is 4.79 Å². The molecule has 5 heteroatoms. The molecule has 0 aliphatic heterocycles. The number of nitrogens with zero attached hydrogens (tertiary/aromatic N) is 1. The Hall–Kier alpha value is -1.39. The summed E-state index contributed by atoms with van der Waals surface area (Å²) in [7, 11) is 0. The molecule has 1 aromatic rings. The van der Waals surface area contributed by atoms with Crippen LogP contribution in [0.25, 0.3) is 0 Å². The third-order valence-corrected chi connectivity index (χ3v) is 3.42. The maximum absolute atomic E-state index is 12.6. The van der Waals surface area contributed by atoms with Gasteiger partial charge in [0, 0.05) is 24.2 Å². The Morgan fingerprint density at radius 1 is 1.50 bits per heavy atom. The number of ether oxygens (including phenoxy) is 1. The van der Waals surface area contributed by atoms with E-state index in [-0.39, 0.29) is 5.78 Å². The van der Waals surface area contributed by atoms with E-state index in [4.69, 9.17) is 16.3 Å². The van der Waals surface area contributed by atoms with Crippen molar-refractivity contribution >= 4 is 17.4 Å². The molecule has 0 spiro atoms. The number of Topliss-reactive ketones (excluding diaryl/α,β-unsaturated/α-hetero) is 1. The molecule has 0 radical (unpaired) electrons. The Morgan fingerprint density at radius 3 is 2.75 bits per heavy atom. The van der Waals surface area contributed by atoms with Crippen LogP contribution in [0, 0.1) is 5.41 Å². The smallest absolute Gasteiger partial charge is 0.176 e. The van der Waals surface area contributed by atoms with Crippen LogP contribution < -0.4 is 0 Å². The first-order valence-corrected chi connectivity index (χ1v) is 6.94. The second kappa shape index (κ2) is 5.54. The van der Waals surface area contributed by atoms with E-state index in [9.17, 15) is 4.79 Å². The van der Waals surface area contributed by atoms with Crippen molar-refractivity contribution in [1.29, 1.82) is 0 Å². The van der Waals surface area contributed by atoms with Gasteiger partial charge in [-0.1, -0.05) is 50.6 Å². The number of carbonyl (C=O) groups excluding carboxylic acids is 1. The zero-order valence-electron chi connectivity index (χ0n) is 11.9. The van der Waals surface area contributed by atoms with Crippen molar-refractivity contribution in [2.75, 3.05) is 0 Å². The number of alkyl halides is 1. The highest BCUT2D eigenvalue weighted by Crippen LogP contribution is 2.36. The lowest BCUT2D eigenvalue weighted by Crippen LogP contribution is -2.35. The van der Waals surface area contributed by atoms with Gasteiger partial charge in [-0.2, -0.15) is 0 Å². The molecule has 2 atom stereocenters. The summed E-state index contributed by atoms with van der Waals surface area (Å²) in [5.41, 5.74) is -0.543. The van der Waals surface area contributed by atoms with Crippen molar-refractivity contribution in [1.82, 2.24) is 9.97 Å². The normalized spacial score (nSPS) is 23.8. The van der Waals surface area contributed by atoms with E-state index in [1.165, 1.54) is 0 Å². The summed E-state index contributed by atoms with van der Waals surface area (Å²) in [6.45, 7) is 5.56. The summed E-state index contributed by atoms with van der Waals surface area (Å²) in [6.07, 6.45) is 10.3. The number of H-pyrrole nitrogens is 1. The fourth-order valence-electron chi connectivity index (χ4n) is 1.91. The molecule has 1 heterocycles. The van der Waals surface area contributed by atoms with E-state index < -0.39 is 16.6 Å². The van der Waals surface area contributed by atoms with E-state index in [1.54, 1.807) is 18.5 Å². The largest absolute Gasteiger partial charge is 0.346 e. The summed E-state index contributed by atoms with van der Waals surface area (Å²) < 4.78 is 5.90. The number of aromatic nitrogens is 2. The predicted molar refractivity (Wildman–Crippen MR) is 78.4 cm³/mol. The molecule has 1 aliphatic rings. The van der Waals surface area contributed by atoms with Crippen LogP contribution in [-0.2, 0) is 9.53 Å². The Balaban J connectivity index is 2.27. The van der Waals surface area contributed by atoms with Crippen molar-refractivity contribution in [3.63, 3.8) is 0 Å². The van der Waals surface area contributed by atoms with Gasteiger partial charge in [0.15, 0.2) is 16.9 Å². The van der Waals surface area contributed by atoms with Crippen molar-refractivity contribution in [2.24, 2.45) is 5.41 Å². The topological polar surface area (TPSA) is 55.0 Å². The minimum atomic E-state index is -1.01. The van der Waals surface area contributed by atoms with Crippen LogP contribution in [0.1, 0.15) is 39.1 Å². The number of halogens is 1. The number of rotatable bonds is 4. The third kappa shape index (κ3) is 3.38. The summed E-state index contributed by atoms with van der Waals surface area (Å²) in [5, 5.41) is -1.01. The van der Waals surface area contributed by atoms with Crippen molar-refractivity contribution in [3.8, 4) is 0 Å². The van der Waals surface area contributed by atoms with E-state index in [0.717, 1.165) is 0 Å². The quantitative estimate of drug-likeness (QED) is 0.864. The highest BCUT2D eigenvalue weighted by Gasteiger charge is 2.39. The first kappa shape index (κ1) is 15.0.